The maximum atomic E-state index is 13.2. The number of hydrogen-bond donors (Lipinski definition) is 2. The van der Waals surface area contributed by atoms with Crippen LogP contribution in [-0.2, 0) is 21.7 Å². The van der Waals surface area contributed by atoms with Crippen LogP contribution in [0.25, 0.3) is 5.82 Å². The standard InChI is InChI=1S/C21H19FN6O3/c1-21(15-3-5-16(22)6-4-15)19(30)27(20(31)26-21)13-18(29)24-12-14-7-9-23-17(11-14)28-10-2-8-25-28/h2-11H,12-13H2,1H3,(H,24,29)(H,26,31). The van der Waals surface area contributed by atoms with Gasteiger partial charge in [0.05, 0.1) is 0 Å². The van der Waals surface area contributed by atoms with Gasteiger partial charge in [-0.15, -0.1) is 0 Å². The Morgan fingerprint density at radius 2 is 1.97 bits per heavy atom. The molecule has 0 radical (unpaired) electrons. The fourth-order valence-electron chi connectivity index (χ4n) is 3.32. The van der Waals surface area contributed by atoms with Crippen LogP contribution in [0, 0.1) is 5.82 Å². The van der Waals surface area contributed by atoms with Crippen molar-refractivity contribution < 1.29 is 18.8 Å². The number of nitrogens with one attached hydrogen (secondary N) is 2. The van der Waals surface area contributed by atoms with Gasteiger partial charge in [0, 0.05) is 25.1 Å². The van der Waals surface area contributed by atoms with E-state index in [2.05, 4.69) is 20.7 Å². The summed E-state index contributed by atoms with van der Waals surface area (Å²) in [5, 5.41) is 9.39. The molecule has 4 rings (SSSR count). The van der Waals surface area contributed by atoms with Gasteiger partial charge >= 0.3 is 6.03 Å². The molecule has 9 nitrogen and oxygen atoms in total. The van der Waals surface area contributed by atoms with Crippen LogP contribution in [-0.4, -0.2) is 44.1 Å². The molecule has 1 unspecified atom stereocenters. The number of rotatable bonds is 6. The number of aromatic nitrogens is 3. The van der Waals surface area contributed by atoms with Crippen molar-refractivity contribution in [1.82, 2.24) is 30.3 Å². The predicted molar refractivity (Wildman–Crippen MR) is 107 cm³/mol. The van der Waals surface area contributed by atoms with Crippen molar-refractivity contribution in [3.8, 4) is 5.82 Å². The van der Waals surface area contributed by atoms with Crippen molar-refractivity contribution >= 4 is 17.8 Å². The minimum atomic E-state index is -1.37. The van der Waals surface area contributed by atoms with Crippen LogP contribution in [0.1, 0.15) is 18.1 Å². The minimum absolute atomic E-state index is 0.189. The molecule has 3 aromatic rings. The summed E-state index contributed by atoms with van der Waals surface area (Å²) in [7, 11) is 0. The van der Waals surface area contributed by atoms with Gasteiger partial charge in [0.25, 0.3) is 5.91 Å². The molecule has 0 saturated carbocycles. The Morgan fingerprint density at radius 1 is 1.19 bits per heavy atom. The fourth-order valence-corrected chi connectivity index (χ4v) is 3.32. The molecule has 1 aliphatic heterocycles. The highest BCUT2D eigenvalue weighted by Crippen LogP contribution is 2.28. The van der Waals surface area contributed by atoms with Gasteiger partial charge in [-0.2, -0.15) is 5.10 Å². The van der Waals surface area contributed by atoms with Crippen molar-refractivity contribution in [3.63, 3.8) is 0 Å². The highest BCUT2D eigenvalue weighted by molar-refractivity contribution is 6.09. The third-order valence-corrected chi connectivity index (χ3v) is 5.04. The molecular weight excluding hydrogens is 403 g/mol. The summed E-state index contributed by atoms with van der Waals surface area (Å²) in [4.78, 5) is 42.7. The lowest BCUT2D eigenvalue weighted by Gasteiger charge is -2.22. The second-order valence-electron chi connectivity index (χ2n) is 7.20. The smallest absolute Gasteiger partial charge is 0.325 e. The van der Waals surface area contributed by atoms with E-state index >= 15 is 0 Å². The van der Waals surface area contributed by atoms with E-state index in [-0.39, 0.29) is 6.54 Å². The van der Waals surface area contributed by atoms with Crippen molar-refractivity contribution in [2.45, 2.75) is 19.0 Å². The van der Waals surface area contributed by atoms with Gasteiger partial charge < -0.3 is 10.6 Å². The average Bonchev–Trinajstić information content (AvgIpc) is 3.37. The fraction of sp³-hybridized carbons (Fsp3) is 0.190. The van der Waals surface area contributed by atoms with Crippen LogP contribution in [0.3, 0.4) is 0 Å². The van der Waals surface area contributed by atoms with Gasteiger partial charge in [0.15, 0.2) is 5.82 Å². The van der Waals surface area contributed by atoms with Crippen molar-refractivity contribution in [2.75, 3.05) is 6.54 Å². The zero-order valence-corrected chi connectivity index (χ0v) is 16.6. The molecule has 1 aromatic carbocycles. The normalized spacial score (nSPS) is 18.2. The zero-order valence-electron chi connectivity index (χ0n) is 16.6. The molecule has 2 N–H and O–H groups in total. The Balaban J connectivity index is 1.40. The van der Waals surface area contributed by atoms with Gasteiger partial charge in [0.1, 0.15) is 17.9 Å². The summed E-state index contributed by atoms with van der Waals surface area (Å²) in [6.07, 6.45) is 4.98. The maximum Gasteiger partial charge on any atom is 0.325 e. The summed E-state index contributed by atoms with van der Waals surface area (Å²) >= 11 is 0. The van der Waals surface area contributed by atoms with E-state index in [0.29, 0.717) is 11.4 Å². The molecule has 2 aromatic heterocycles. The Hall–Kier alpha value is -4.08. The third kappa shape index (κ3) is 4.00. The molecule has 0 spiro atoms. The molecule has 0 bridgehead atoms. The van der Waals surface area contributed by atoms with Crippen LogP contribution in [0.5, 0.6) is 0 Å². The monoisotopic (exact) mass is 422 g/mol. The summed E-state index contributed by atoms with van der Waals surface area (Å²) in [5.74, 6) is -0.929. The van der Waals surface area contributed by atoms with Crippen molar-refractivity contribution in [2.24, 2.45) is 0 Å². The van der Waals surface area contributed by atoms with E-state index in [1.165, 1.54) is 31.2 Å². The molecule has 1 fully saturated rings. The molecule has 31 heavy (non-hydrogen) atoms. The number of nitrogens with zero attached hydrogens (tertiary/aromatic N) is 4. The second kappa shape index (κ2) is 7.98. The van der Waals surface area contributed by atoms with Crippen LogP contribution in [0.15, 0.2) is 61.1 Å². The molecular formula is C21H19FN6O3. The number of imide groups is 1. The number of urea groups is 1. The van der Waals surface area contributed by atoms with Crippen molar-refractivity contribution in [1.29, 1.82) is 0 Å². The first-order valence-corrected chi connectivity index (χ1v) is 9.48. The summed E-state index contributed by atoms with van der Waals surface area (Å²) in [5.41, 5.74) is -0.158. The van der Waals surface area contributed by atoms with E-state index in [1.54, 1.807) is 41.5 Å². The van der Waals surface area contributed by atoms with E-state index in [4.69, 9.17) is 0 Å². The molecule has 1 aliphatic rings. The lowest BCUT2D eigenvalue weighted by molar-refractivity contribution is -0.134. The quantitative estimate of drug-likeness (QED) is 0.585. The minimum Gasteiger partial charge on any atom is -0.350 e. The number of pyridine rings is 1. The highest BCUT2D eigenvalue weighted by Gasteiger charge is 2.49. The number of benzene rings is 1. The molecule has 1 atom stereocenters. The van der Waals surface area contributed by atoms with Gasteiger partial charge in [-0.3, -0.25) is 14.5 Å². The molecule has 0 aliphatic carbocycles. The van der Waals surface area contributed by atoms with Crippen LogP contribution >= 0.6 is 0 Å². The Labute approximate surface area is 176 Å². The van der Waals surface area contributed by atoms with Crippen LogP contribution in [0.2, 0.25) is 0 Å². The first-order chi connectivity index (χ1) is 14.9. The maximum absolute atomic E-state index is 13.2. The van der Waals surface area contributed by atoms with Gasteiger partial charge in [0.2, 0.25) is 5.91 Å². The molecule has 4 amide bonds. The highest BCUT2D eigenvalue weighted by atomic mass is 19.1. The largest absolute Gasteiger partial charge is 0.350 e. The van der Waals surface area contributed by atoms with E-state index in [9.17, 15) is 18.8 Å². The SMILES string of the molecule is CC1(c2ccc(F)cc2)NC(=O)N(CC(=O)NCc2ccnc(-n3cccn3)c2)C1=O. The Kier molecular flexibility index (Phi) is 5.20. The molecule has 3 heterocycles. The number of hydrogen-bond acceptors (Lipinski definition) is 5. The van der Waals surface area contributed by atoms with Gasteiger partial charge in [-0.1, -0.05) is 12.1 Å². The number of carbonyl (C=O) groups is 3. The van der Waals surface area contributed by atoms with E-state index in [0.717, 1.165) is 10.5 Å². The lowest BCUT2D eigenvalue weighted by Crippen LogP contribution is -2.43. The van der Waals surface area contributed by atoms with Crippen LogP contribution < -0.4 is 10.6 Å². The van der Waals surface area contributed by atoms with Crippen molar-refractivity contribution in [3.05, 3.63) is 78.0 Å². The van der Waals surface area contributed by atoms with E-state index < -0.39 is 35.7 Å². The second-order valence-corrected chi connectivity index (χ2v) is 7.20. The Bertz CT molecular complexity index is 1130. The van der Waals surface area contributed by atoms with E-state index in [1.807, 2.05) is 0 Å². The predicted octanol–water partition coefficient (Wildman–Crippen LogP) is 1.49. The first kappa shape index (κ1) is 20.2. The zero-order chi connectivity index (χ0) is 22.0. The Morgan fingerprint density at radius 3 is 2.68 bits per heavy atom. The summed E-state index contributed by atoms with van der Waals surface area (Å²) in [6, 6.07) is 9.88. The lowest BCUT2D eigenvalue weighted by atomic mass is 9.92. The number of carbonyl (C=O) groups excluding carboxylic acids is 3. The van der Waals surface area contributed by atoms with Gasteiger partial charge in [-0.25, -0.2) is 18.9 Å². The summed E-state index contributed by atoms with van der Waals surface area (Å²) in [6.45, 7) is 1.28. The average molecular weight is 422 g/mol. The molecule has 1 saturated heterocycles. The topological polar surface area (TPSA) is 109 Å². The van der Waals surface area contributed by atoms with Gasteiger partial charge in [-0.05, 0) is 48.4 Å². The summed E-state index contributed by atoms with van der Waals surface area (Å²) < 4.78 is 14.8. The number of amides is 4. The first-order valence-electron chi connectivity index (χ1n) is 9.48. The third-order valence-electron chi connectivity index (χ3n) is 5.04. The molecule has 10 heteroatoms. The van der Waals surface area contributed by atoms with Crippen LogP contribution in [0.4, 0.5) is 9.18 Å². The number of halogens is 1. The molecule has 158 valence electrons.